The van der Waals surface area contributed by atoms with Gasteiger partial charge in [-0.05, 0) is 43.0 Å². The number of aromatic nitrogens is 2. The zero-order valence-electron chi connectivity index (χ0n) is 13.4. The maximum atomic E-state index is 11.4. The van der Waals surface area contributed by atoms with Gasteiger partial charge in [-0.3, -0.25) is 4.79 Å². The molecule has 23 heavy (non-hydrogen) atoms. The molecule has 3 rings (SSSR count). The Morgan fingerprint density at radius 2 is 1.96 bits per heavy atom. The molecule has 1 aromatic carbocycles. The number of rotatable bonds is 6. The Kier molecular flexibility index (Phi) is 4.13. The van der Waals surface area contributed by atoms with Crippen LogP contribution in [-0.4, -0.2) is 34.6 Å². The first-order chi connectivity index (χ1) is 11.1. The van der Waals surface area contributed by atoms with Gasteiger partial charge in [-0.2, -0.15) is 0 Å². The van der Waals surface area contributed by atoms with E-state index in [2.05, 4.69) is 29.0 Å². The van der Waals surface area contributed by atoms with Gasteiger partial charge >= 0.3 is 0 Å². The highest BCUT2D eigenvalue weighted by atomic mass is 16.5. The number of benzene rings is 1. The number of Topliss-reactive ketones (excluding diaryl/α,β-unsaturated/α-hetero) is 1. The molecule has 1 saturated carbocycles. The number of methoxy groups -OCH3 is 1. The lowest BCUT2D eigenvalue weighted by Gasteiger charge is -2.17. The molecule has 0 atom stereocenters. The zero-order chi connectivity index (χ0) is 16.4. The molecule has 0 saturated heterocycles. The Labute approximate surface area is 135 Å². The fraction of sp³-hybridized carbons (Fsp3) is 0.389. The van der Waals surface area contributed by atoms with Crippen molar-refractivity contribution in [2.45, 2.75) is 31.6 Å². The molecule has 2 aromatic rings. The van der Waals surface area contributed by atoms with E-state index in [0.717, 1.165) is 30.8 Å². The molecule has 1 N–H and O–H groups in total. The van der Waals surface area contributed by atoms with Crippen LogP contribution >= 0.6 is 0 Å². The molecule has 5 nitrogen and oxygen atoms in total. The lowest BCUT2D eigenvalue weighted by molar-refractivity contribution is 0.0903. The van der Waals surface area contributed by atoms with E-state index in [9.17, 15) is 4.79 Å². The predicted molar refractivity (Wildman–Crippen MR) is 85.8 cm³/mol. The van der Waals surface area contributed by atoms with Gasteiger partial charge < -0.3 is 9.84 Å². The second kappa shape index (κ2) is 6.08. The van der Waals surface area contributed by atoms with Gasteiger partial charge in [-0.25, -0.2) is 9.97 Å². The Balaban J connectivity index is 1.82. The van der Waals surface area contributed by atoms with Crippen molar-refractivity contribution in [3.05, 3.63) is 53.1 Å². The summed E-state index contributed by atoms with van der Waals surface area (Å²) in [6.07, 6.45) is 5.93. The fourth-order valence-corrected chi connectivity index (χ4v) is 2.87. The standard InChI is InChI=1S/C18H20N2O3/c1-12-5-14(7-15(6-12)23-2)18(3-4-18)8-17-19-9-13(10-20-17)16(22)11-21/h5-7,9-10,21H,3-4,8,11H2,1-2H3. The van der Waals surface area contributed by atoms with Gasteiger partial charge in [0.25, 0.3) is 0 Å². The molecule has 1 aliphatic rings. The molecule has 120 valence electrons. The maximum absolute atomic E-state index is 11.4. The van der Waals surface area contributed by atoms with Crippen LogP contribution < -0.4 is 4.74 Å². The molecule has 1 aliphatic carbocycles. The average Bonchev–Trinajstić information content (AvgIpc) is 3.35. The van der Waals surface area contributed by atoms with Gasteiger partial charge in [0.15, 0.2) is 5.78 Å². The quantitative estimate of drug-likeness (QED) is 0.828. The normalized spacial score (nSPS) is 15.3. The van der Waals surface area contributed by atoms with Gasteiger partial charge in [0.1, 0.15) is 18.2 Å². The monoisotopic (exact) mass is 312 g/mol. The Hall–Kier alpha value is -2.27. The predicted octanol–water partition coefficient (Wildman–Crippen LogP) is 2.24. The van der Waals surface area contributed by atoms with Crippen LogP contribution in [0.1, 0.15) is 40.2 Å². The SMILES string of the molecule is COc1cc(C)cc(C2(Cc3ncc(C(=O)CO)cn3)CC2)c1. The van der Waals surface area contributed by atoms with E-state index in [1.54, 1.807) is 7.11 Å². The zero-order valence-corrected chi connectivity index (χ0v) is 13.4. The molecular weight excluding hydrogens is 292 g/mol. The van der Waals surface area contributed by atoms with E-state index >= 15 is 0 Å². The number of carbonyl (C=O) groups excluding carboxylic acids is 1. The summed E-state index contributed by atoms with van der Waals surface area (Å²) in [7, 11) is 1.68. The third-order valence-corrected chi connectivity index (χ3v) is 4.42. The van der Waals surface area contributed by atoms with Crippen molar-refractivity contribution in [3.63, 3.8) is 0 Å². The first kappa shape index (κ1) is 15.6. The molecule has 0 amide bonds. The highest BCUT2D eigenvalue weighted by Gasteiger charge is 2.45. The number of hydrogen-bond acceptors (Lipinski definition) is 5. The number of ether oxygens (including phenoxy) is 1. The van der Waals surface area contributed by atoms with Crippen LogP contribution in [0.2, 0.25) is 0 Å². The highest BCUT2D eigenvalue weighted by Crippen LogP contribution is 2.51. The average molecular weight is 312 g/mol. The minimum absolute atomic E-state index is 0.0712. The van der Waals surface area contributed by atoms with Crippen molar-refractivity contribution >= 4 is 5.78 Å². The maximum Gasteiger partial charge on any atom is 0.191 e. The highest BCUT2D eigenvalue weighted by molar-refractivity contribution is 5.96. The van der Waals surface area contributed by atoms with Crippen molar-refractivity contribution in [1.29, 1.82) is 0 Å². The summed E-state index contributed by atoms with van der Waals surface area (Å²) in [6, 6.07) is 6.30. The number of hydrogen-bond donors (Lipinski definition) is 1. The van der Waals surface area contributed by atoms with Gasteiger partial charge in [0.2, 0.25) is 0 Å². The summed E-state index contributed by atoms with van der Waals surface area (Å²) in [6.45, 7) is 1.55. The second-order valence-corrected chi connectivity index (χ2v) is 6.17. The van der Waals surface area contributed by atoms with Gasteiger partial charge in [0, 0.05) is 24.2 Å². The van der Waals surface area contributed by atoms with Crippen molar-refractivity contribution < 1.29 is 14.6 Å². The molecule has 0 aliphatic heterocycles. The van der Waals surface area contributed by atoms with Crippen molar-refractivity contribution in [1.82, 2.24) is 9.97 Å². The van der Waals surface area contributed by atoms with Gasteiger partial charge in [0.05, 0.1) is 12.7 Å². The Morgan fingerprint density at radius 3 is 2.52 bits per heavy atom. The van der Waals surface area contributed by atoms with E-state index in [1.807, 2.05) is 6.07 Å². The van der Waals surface area contributed by atoms with Crippen LogP contribution in [-0.2, 0) is 11.8 Å². The first-order valence-corrected chi connectivity index (χ1v) is 7.67. The third kappa shape index (κ3) is 3.24. The Bertz CT molecular complexity index is 722. The lowest BCUT2D eigenvalue weighted by Crippen LogP contribution is -2.14. The van der Waals surface area contributed by atoms with Crippen molar-refractivity contribution in [3.8, 4) is 5.75 Å². The molecule has 0 radical (unpaired) electrons. The van der Waals surface area contributed by atoms with Crippen LogP contribution in [0.25, 0.3) is 0 Å². The molecule has 1 heterocycles. The fourth-order valence-electron chi connectivity index (χ4n) is 2.87. The number of ketones is 1. The molecular formula is C18H20N2O3. The molecule has 0 bridgehead atoms. The minimum atomic E-state index is -0.518. The van der Waals surface area contributed by atoms with E-state index < -0.39 is 6.61 Å². The summed E-state index contributed by atoms with van der Waals surface area (Å²) in [5.74, 6) is 1.23. The number of aliphatic hydroxyl groups excluding tert-OH is 1. The first-order valence-electron chi connectivity index (χ1n) is 7.67. The second-order valence-electron chi connectivity index (χ2n) is 6.17. The van der Waals surface area contributed by atoms with Crippen LogP contribution in [0.4, 0.5) is 0 Å². The molecule has 5 heteroatoms. The molecule has 0 unspecified atom stereocenters. The summed E-state index contributed by atoms with van der Waals surface area (Å²) in [5, 5.41) is 8.86. The summed E-state index contributed by atoms with van der Waals surface area (Å²) in [5.41, 5.74) is 2.85. The van der Waals surface area contributed by atoms with Crippen LogP contribution in [0.15, 0.2) is 30.6 Å². The van der Waals surface area contributed by atoms with Crippen LogP contribution in [0.5, 0.6) is 5.75 Å². The van der Waals surface area contributed by atoms with Gasteiger partial charge in [-0.1, -0.05) is 6.07 Å². The summed E-state index contributed by atoms with van der Waals surface area (Å²) >= 11 is 0. The van der Waals surface area contributed by atoms with E-state index in [0.29, 0.717) is 5.56 Å². The molecule has 0 spiro atoms. The summed E-state index contributed by atoms with van der Waals surface area (Å²) < 4.78 is 5.37. The Morgan fingerprint density at radius 1 is 1.26 bits per heavy atom. The van der Waals surface area contributed by atoms with E-state index in [-0.39, 0.29) is 11.2 Å². The third-order valence-electron chi connectivity index (χ3n) is 4.42. The van der Waals surface area contributed by atoms with E-state index in [1.165, 1.54) is 23.5 Å². The van der Waals surface area contributed by atoms with Crippen LogP contribution in [0, 0.1) is 6.92 Å². The molecule has 1 aromatic heterocycles. The topological polar surface area (TPSA) is 72.3 Å². The number of nitrogens with zero attached hydrogens (tertiary/aromatic N) is 2. The molecule has 1 fully saturated rings. The number of carbonyl (C=O) groups is 1. The van der Waals surface area contributed by atoms with Crippen LogP contribution in [0.3, 0.4) is 0 Å². The number of aliphatic hydroxyl groups is 1. The van der Waals surface area contributed by atoms with Crippen molar-refractivity contribution in [2.75, 3.05) is 13.7 Å². The summed E-state index contributed by atoms with van der Waals surface area (Å²) in [4.78, 5) is 20.0. The number of aryl methyl sites for hydroxylation is 1. The van der Waals surface area contributed by atoms with Crippen molar-refractivity contribution in [2.24, 2.45) is 0 Å². The lowest BCUT2D eigenvalue weighted by atomic mass is 9.90. The smallest absolute Gasteiger partial charge is 0.191 e. The largest absolute Gasteiger partial charge is 0.497 e. The van der Waals surface area contributed by atoms with E-state index in [4.69, 9.17) is 9.84 Å². The minimum Gasteiger partial charge on any atom is -0.497 e. The van der Waals surface area contributed by atoms with Gasteiger partial charge in [-0.15, -0.1) is 0 Å².